The molecule has 0 radical (unpaired) electrons. The van der Waals surface area contributed by atoms with Gasteiger partial charge in [-0.25, -0.2) is 0 Å². The summed E-state index contributed by atoms with van der Waals surface area (Å²) in [6.45, 7) is 10.5. The fourth-order valence-corrected chi connectivity index (χ4v) is 4.99. The number of benzene rings is 1. The first-order valence-corrected chi connectivity index (χ1v) is 11.7. The van der Waals surface area contributed by atoms with Gasteiger partial charge in [-0.2, -0.15) is 0 Å². The van der Waals surface area contributed by atoms with Gasteiger partial charge in [0, 0.05) is 36.0 Å². The third-order valence-corrected chi connectivity index (χ3v) is 7.50. The largest absolute Gasteiger partial charge is 0.384 e. The number of halogens is 1. The SMILES string of the molecule is CC(NC(=O)C[C@H]1CCNC1)[C@@H](C)C(=O)N1CC[C@](O)(c2ccc(Cl)cc2)C(C)(C)C1. The first kappa shape index (κ1) is 24.0. The number of piperidine rings is 1. The third kappa shape index (κ3) is 5.24. The van der Waals surface area contributed by atoms with Crippen molar-refractivity contribution < 1.29 is 14.7 Å². The van der Waals surface area contributed by atoms with Crippen molar-refractivity contribution in [1.29, 1.82) is 0 Å². The van der Waals surface area contributed by atoms with E-state index < -0.39 is 11.0 Å². The molecule has 2 heterocycles. The smallest absolute Gasteiger partial charge is 0.227 e. The Morgan fingerprint density at radius 2 is 1.97 bits per heavy atom. The van der Waals surface area contributed by atoms with Crippen LogP contribution in [0.1, 0.15) is 52.5 Å². The number of likely N-dealkylation sites (tertiary alicyclic amines) is 1. The van der Waals surface area contributed by atoms with E-state index in [1.54, 1.807) is 12.1 Å². The van der Waals surface area contributed by atoms with Crippen molar-refractivity contribution in [2.45, 2.75) is 58.6 Å². The standard InChI is InChI=1S/C24H36ClN3O3/c1-16(17(2)27-21(29)13-18-9-11-26-14-18)22(30)28-12-10-24(31,23(3,4)15-28)19-5-7-20(25)8-6-19/h5-8,16-18,26,31H,9-15H2,1-4H3,(H,27,29)/t16-,17?,18-,24+/m1/s1. The Labute approximate surface area is 190 Å². The molecule has 172 valence electrons. The molecule has 6 nitrogen and oxygen atoms in total. The summed E-state index contributed by atoms with van der Waals surface area (Å²) in [7, 11) is 0. The molecule has 1 aromatic rings. The van der Waals surface area contributed by atoms with Crippen molar-refractivity contribution in [3.05, 3.63) is 34.9 Å². The van der Waals surface area contributed by atoms with Crippen LogP contribution in [0.5, 0.6) is 0 Å². The molecule has 0 aromatic heterocycles. The van der Waals surface area contributed by atoms with Gasteiger partial charge < -0.3 is 20.6 Å². The van der Waals surface area contributed by atoms with Crippen LogP contribution in [0, 0.1) is 17.3 Å². The van der Waals surface area contributed by atoms with E-state index in [2.05, 4.69) is 10.6 Å². The highest BCUT2D eigenvalue weighted by Crippen LogP contribution is 2.46. The van der Waals surface area contributed by atoms with Crippen LogP contribution in [0.4, 0.5) is 0 Å². The van der Waals surface area contributed by atoms with E-state index in [4.69, 9.17) is 11.6 Å². The molecule has 2 fully saturated rings. The molecule has 2 saturated heterocycles. The first-order valence-electron chi connectivity index (χ1n) is 11.3. The van der Waals surface area contributed by atoms with Crippen molar-refractivity contribution in [1.82, 2.24) is 15.5 Å². The molecule has 1 aromatic carbocycles. The molecule has 0 saturated carbocycles. The average Bonchev–Trinajstić information content (AvgIpc) is 3.22. The van der Waals surface area contributed by atoms with Gasteiger partial charge in [-0.1, -0.05) is 44.5 Å². The summed E-state index contributed by atoms with van der Waals surface area (Å²) < 4.78 is 0. The molecule has 7 heteroatoms. The molecule has 1 unspecified atom stereocenters. The van der Waals surface area contributed by atoms with Gasteiger partial charge in [-0.3, -0.25) is 9.59 Å². The van der Waals surface area contributed by atoms with Crippen LogP contribution >= 0.6 is 11.6 Å². The van der Waals surface area contributed by atoms with E-state index in [0.29, 0.717) is 36.9 Å². The number of nitrogens with one attached hydrogen (secondary N) is 2. The summed E-state index contributed by atoms with van der Waals surface area (Å²) in [5, 5.41) is 18.4. The predicted octanol–water partition coefficient (Wildman–Crippen LogP) is 2.93. The molecule has 0 aliphatic carbocycles. The molecule has 3 rings (SSSR count). The number of aliphatic hydroxyl groups is 1. The Morgan fingerprint density at radius 3 is 2.55 bits per heavy atom. The lowest BCUT2D eigenvalue weighted by Crippen LogP contribution is -2.58. The topological polar surface area (TPSA) is 81.7 Å². The number of nitrogens with zero attached hydrogens (tertiary/aromatic N) is 1. The Balaban J connectivity index is 1.60. The highest BCUT2D eigenvalue weighted by molar-refractivity contribution is 6.30. The van der Waals surface area contributed by atoms with Crippen molar-refractivity contribution in [3.63, 3.8) is 0 Å². The summed E-state index contributed by atoms with van der Waals surface area (Å²) in [6.07, 6.45) is 1.98. The molecule has 0 bridgehead atoms. The highest BCUT2D eigenvalue weighted by atomic mass is 35.5. The van der Waals surface area contributed by atoms with E-state index in [0.717, 1.165) is 25.1 Å². The molecule has 3 N–H and O–H groups in total. The number of hydrogen-bond donors (Lipinski definition) is 3. The van der Waals surface area contributed by atoms with Gasteiger partial charge in [0.2, 0.25) is 11.8 Å². The molecule has 2 aliphatic rings. The number of carbonyl (C=O) groups excluding carboxylic acids is 2. The summed E-state index contributed by atoms with van der Waals surface area (Å²) in [5.74, 6) is 0.0772. The molecule has 4 atom stereocenters. The lowest BCUT2D eigenvalue weighted by molar-refractivity contribution is -0.156. The average molecular weight is 450 g/mol. The van der Waals surface area contributed by atoms with Crippen molar-refractivity contribution in [2.75, 3.05) is 26.2 Å². The Bertz CT molecular complexity index is 792. The van der Waals surface area contributed by atoms with E-state index in [1.807, 2.05) is 44.7 Å². The van der Waals surface area contributed by atoms with Crippen LogP contribution < -0.4 is 10.6 Å². The quantitative estimate of drug-likeness (QED) is 0.623. The maximum Gasteiger partial charge on any atom is 0.227 e. The second kappa shape index (κ2) is 9.47. The van der Waals surface area contributed by atoms with Gasteiger partial charge in [-0.05, 0) is 56.5 Å². The summed E-state index contributed by atoms with van der Waals surface area (Å²) in [5.41, 5.74) is -0.743. The zero-order chi connectivity index (χ0) is 22.8. The minimum absolute atomic E-state index is 0.0111. The van der Waals surface area contributed by atoms with Gasteiger partial charge in [0.25, 0.3) is 0 Å². The van der Waals surface area contributed by atoms with Crippen LogP contribution in [0.2, 0.25) is 5.02 Å². The predicted molar refractivity (Wildman–Crippen MR) is 123 cm³/mol. The summed E-state index contributed by atoms with van der Waals surface area (Å²) in [4.78, 5) is 27.4. The van der Waals surface area contributed by atoms with Crippen molar-refractivity contribution in [2.24, 2.45) is 17.3 Å². The summed E-state index contributed by atoms with van der Waals surface area (Å²) in [6, 6.07) is 7.06. The van der Waals surface area contributed by atoms with Crippen LogP contribution in [0.3, 0.4) is 0 Å². The van der Waals surface area contributed by atoms with Gasteiger partial charge in [0.1, 0.15) is 0 Å². The highest BCUT2D eigenvalue weighted by Gasteiger charge is 2.50. The third-order valence-electron chi connectivity index (χ3n) is 7.25. The number of hydrogen-bond acceptors (Lipinski definition) is 4. The number of carbonyl (C=O) groups is 2. The maximum atomic E-state index is 13.2. The van der Waals surface area contributed by atoms with E-state index in [-0.39, 0.29) is 23.8 Å². The number of amides is 2. The maximum absolute atomic E-state index is 13.2. The number of rotatable bonds is 6. The molecule has 31 heavy (non-hydrogen) atoms. The monoisotopic (exact) mass is 449 g/mol. The Morgan fingerprint density at radius 1 is 1.29 bits per heavy atom. The fraction of sp³-hybridized carbons (Fsp3) is 0.667. The van der Waals surface area contributed by atoms with E-state index in [9.17, 15) is 14.7 Å². The second-order valence-electron chi connectivity index (χ2n) is 9.97. The zero-order valence-electron chi connectivity index (χ0n) is 19.1. The van der Waals surface area contributed by atoms with E-state index >= 15 is 0 Å². The lowest BCUT2D eigenvalue weighted by Gasteiger charge is -2.51. The lowest BCUT2D eigenvalue weighted by atomic mass is 9.66. The van der Waals surface area contributed by atoms with Gasteiger partial charge in [0.15, 0.2) is 0 Å². The molecule has 2 aliphatic heterocycles. The van der Waals surface area contributed by atoms with E-state index in [1.165, 1.54) is 0 Å². The molecular formula is C24H36ClN3O3. The van der Waals surface area contributed by atoms with Crippen molar-refractivity contribution >= 4 is 23.4 Å². The molecular weight excluding hydrogens is 414 g/mol. The van der Waals surface area contributed by atoms with Gasteiger partial charge in [0.05, 0.1) is 11.5 Å². The van der Waals surface area contributed by atoms with Crippen LogP contribution in [0.15, 0.2) is 24.3 Å². The minimum atomic E-state index is -1.03. The minimum Gasteiger partial charge on any atom is -0.384 e. The summed E-state index contributed by atoms with van der Waals surface area (Å²) >= 11 is 6.01. The van der Waals surface area contributed by atoms with Gasteiger partial charge >= 0.3 is 0 Å². The normalized spacial score (nSPS) is 27.5. The van der Waals surface area contributed by atoms with Crippen LogP contribution in [-0.4, -0.2) is 54.0 Å². The van der Waals surface area contributed by atoms with Crippen LogP contribution in [-0.2, 0) is 15.2 Å². The molecule has 0 spiro atoms. The Kier molecular flexibility index (Phi) is 7.34. The zero-order valence-corrected chi connectivity index (χ0v) is 19.8. The second-order valence-corrected chi connectivity index (χ2v) is 10.4. The fourth-order valence-electron chi connectivity index (χ4n) is 4.86. The Hall–Kier alpha value is -1.63. The first-order chi connectivity index (χ1) is 14.5. The molecule has 2 amide bonds. The van der Waals surface area contributed by atoms with Gasteiger partial charge in [-0.15, -0.1) is 0 Å². The van der Waals surface area contributed by atoms with Crippen LogP contribution in [0.25, 0.3) is 0 Å². The van der Waals surface area contributed by atoms with Crippen molar-refractivity contribution in [3.8, 4) is 0 Å².